The van der Waals surface area contributed by atoms with E-state index in [4.69, 9.17) is 0 Å². The van der Waals surface area contributed by atoms with Crippen LogP contribution in [-0.4, -0.2) is 52.6 Å². The number of benzene rings is 1. The van der Waals surface area contributed by atoms with Crippen LogP contribution >= 0.6 is 11.3 Å². The van der Waals surface area contributed by atoms with Gasteiger partial charge in [0, 0.05) is 13.1 Å². The van der Waals surface area contributed by atoms with Crippen LogP contribution in [0.2, 0.25) is 0 Å². The maximum absolute atomic E-state index is 13.7. The van der Waals surface area contributed by atoms with Gasteiger partial charge in [-0.25, -0.2) is 4.98 Å². The van der Waals surface area contributed by atoms with E-state index in [2.05, 4.69) is 10.3 Å². The van der Waals surface area contributed by atoms with Crippen LogP contribution < -0.4 is 5.32 Å². The van der Waals surface area contributed by atoms with E-state index < -0.39 is 35.0 Å². The van der Waals surface area contributed by atoms with Crippen molar-refractivity contribution >= 4 is 33.4 Å². The van der Waals surface area contributed by atoms with E-state index >= 15 is 0 Å². The molecule has 1 heterocycles. The third-order valence-electron chi connectivity index (χ3n) is 4.27. The molecule has 10 heteroatoms. The zero-order valence-corrected chi connectivity index (χ0v) is 15.2. The number of hydrogen-bond acceptors (Lipinski definition) is 5. The highest BCUT2D eigenvalue weighted by Gasteiger charge is 2.58. The number of hydrogen-bond donors (Lipinski definition) is 2. The summed E-state index contributed by atoms with van der Waals surface area (Å²) < 4.78 is 41.4. The van der Waals surface area contributed by atoms with Crippen LogP contribution in [-0.2, 0) is 15.2 Å². The Morgan fingerprint density at radius 2 is 2.00 bits per heavy atom. The maximum atomic E-state index is 13.7. The fourth-order valence-corrected chi connectivity index (χ4v) is 3.58. The number of fused-ring (bicyclic) bond motifs is 1. The Morgan fingerprint density at radius 1 is 1.33 bits per heavy atom. The largest absolute Gasteiger partial charge is 0.424 e. The van der Waals surface area contributed by atoms with Gasteiger partial charge >= 0.3 is 6.18 Å². The summed E-state index contributed by atoms with van der Waals surface area (Å²) in [6.07, 6.45) is -4.64. The van der Waals surface area contributed by atoms with Crippen molar-refractivity contribution in [2.75, 3.05) is 13.6 Å². The highest BCUT2D eigenvalue weighted by atomic mass is 32.1. The van der Waals surface area contributed by atoms with Crippen molar-refractivity contribution < 1.29 is 27.9 Å². The normalized spacial score (nSPS) is 16.8. The number of aliphatic hydroxyl groups is 1. The van der Waals surface area contributed by atoms with Crippen molar-refractivity contribution in [2.45, 2.75) is 37.1 Å². The lowest BCUT2D eigenvalue weighted by molar-refractivity contribution is -0.268. The number of likely N-dealkylation sites (N-methyl/N-ethyl adjacent to an activating group) is 1. The molecule has 3 rings (SSSR count). The SMILES string of the molecule is CN(CC(=O)NC1CC1)C(=O)CC(O)(c1nc2ccccc2s1)C(F)(F)F. The smallest absolute Gasteiger partial charge is 0.374 e. The first kappa shape index (κ1) is 19.6. The second-order valence-corrected chi connectivity index (χ2v) is 7.64. The second-order valence-electron chi connectivity index (χ2n) is 6.61. The van der Waals surface area contributed by atoms with Gasteiger partial charge in [-0.05, 0) is 25.0 Å². The summed E-state index contributed by atoms with van der Waals surface area (Å²) in [5, 5.41) is 12.5. The first-order valence-corrected chi connectivity index (χ1v) is 9.10. The summed E-state index contributed by atoms with van der Waals surface area (Å²) in [5.41, 5.74) is -3.11. The van der Waals surface area contributed by atoms with Gasteiger partial charge in [0.15, 0.2) is 0 Å². The Hall–Kier alpha value is -2.20. The number of amides is 2. The van der Waals surface area contributed by atoms with E-state index in [9.17, 15) is 27.9 Å². The molecular formula is C17H18F3N3O3S. The summed E-state index contributed by atoms with van der Waals surface area (Å²) in [7, 11) is 1.23. The number of nitrogens with one attached hydrogen (secondary N) is 1. The van der Waals surface area contributed by atoms with Gasteiger partial charge in [-0.3, -0.25) is 9.59 Å². The molecule has 2 amide bonds. The molecule has 1 atom stereocenters. The van der Waals surface area contributed by atoms with Crippen molar-refractivity contribution in [3.8, 4) is 0 Å². The quantitative estimate of drug-likeness (QED) is 0.777. The highest BCUT2D eigenvalue weighted by molar-refractivity contribution is 7.18. The molecular weight excluding hydrogens is 383 g/mol. The molecule has 1 unspecified atom stereocenters. The second kappa shape index (κ2) is 7.08. The van der Waals surface area contributed by atoms with Gasteiger partial charge < -0.3 is 15.3 Å². The van der Waals surface area contributed by atoms with Crippen molar-refractivity contribution in [2.24, 2.45) is 0 Å². The predicted octanol–water partition coefficient (Wildman–Crippen LogP) is 2.17. The molecule has 1 saturated carbocycles. The van der Waals surface area contributed by atoms with Crippen LogP contribution in [0.15, 0.2) is 24.3 Å². The third-order valence-corrected chi connectivity index (χ3v) is 5.46. The fraction of sp³-hybridized carbons (Fsp3) is 0.471. The van der Waals surface area contributed by atoms with Gasteiger partial charge in [-0.2, -0.15) is 13.2 Å². The van der Waals surface area contributed by atoms with Gasteiger partial charge in [-0.1, -0.05) is 12.1 Å². The fourth-order valence-electron chi connectivity index (χ4n) is 2.50. The lowest BCUT2D eigenvalue weighted by Gasteiger charge is -2.29. The van der Waals surface area contributed by atoms with Crippen LogP contribution in [0, 0.1) is 0 Å². The molecule has 0 radical (unpaired) electrons. The average molecular weight is 401 g/mol. The van der Waals surface area contributed by atoms with Crippen molar-refractivity contribution in [3.05, 3.63) is 29.3 Å². The Labute approximate surface area is 157 Å². The van der Waals surface area contributed by atoms with Crippen molar-refractivity contribution in [1.29, 1.82) is 0 Å². The van der Waals surface area contributed by atoms with E-state index in [0.717, 1.165) is 17.7 Å². The van der Waals surface area contributed by atoms with Crippen molar-refractivity contribution in [1.82, 2.24) is 15.2 Å². The van der Waals surface area contributed by atoms with Crippen LogP contribution in [0.1, 0.15) is 24.3 Å². The number of carbonyl (C=O) groups excluding carboxylic acids is 2. The average Bonchev–Trinajstić information content (AvgIpc) is 3.27. The molecule has 0 saturated heterocycles. The molecule has 1 aromatic heterocycles. The molecule has 146 valence electrons. The summed E-state index contributed by atoms with van der Waals surface area (Å²) in [5.74, 6) is -1.44. The van der Waals surface area contributed by atoms with Gasteiger partial charge in [0.05, 0.1) is 23.2 Å². The molecule has 0 spiro atoms. The minimum Gasteiger partial charge on any atom is -0.374 e. The Morgan fingerprint density at radius 3 is 2.59 bits per heavy atom. The standard InChI is InChI=1S/C17H18F3N3O3S/c1-23(9-13(24)21-10-6-7-10)14(25)8-16(26,17(18,19)20)15-22-11-4-2-3-5-12(11)27-15/h2-5,10,26H,6-9H2,1H3,(H,21,24). The molecule has 1 fully saturated rings. The van der Waals surface area contributed by atoms with Gasteiger partial charge in [0.2, 0.25) is 17.4 Å². The summed E-state index contributed by atoms with van der Waals surface area (Å²) in [6.45, 7) is -0.372. The molecule has 2 aromatic rings. The topological polar surface area (TPSA) is 82.5 Å². The molecule has 1 aliphatic carbocycles. The number of thiazole rings is 1. The minimum absolute atomic E-state index is 0.0795. The number of rotatable bonds is 6. The monoisotopic (exact) mass is 401 g/mol. The molecule has 27 heavy (non-hydrogen) atoms. The number of alkyl halides is 3. The van der Waals surface area contributed by atoms with Gasteiger partial charge in [0.1, 0.15) is 5.01 Å². The summed E-state index contributed by atoms with van der Waals surface area (Å²) >= 11 is 0.684. The van der Waals surface area contributed by atoms with Crippen molar-refractivity contribution in [3.63, 3.8) is 0 Å². The first-order chi connectivity index (χ1) is 12.6. The predicted molar refractivity (Wildman–Crippen MR) is 93.0 cm³/mol. The molecule has 1 aliphatic rings. The number of aromatic nitrogens is 1. The third kappa shape index (κ3) is 4.22. The van der Waals surface area contributed by atoms with Crippen LogP contribution in [0.25, 0.3) is 10.2 Å². The highest BCUT2D eigenvalue weighted by Crippen LogP contribution is 2.44. The van der Waals surface area contributed by atoms with Crippen LogP contribution in [0.3, 0.4) is 0 Å². The first-order valence-electron chi connectivity index (χ1n) is 8.28. The van der Waals surface area contributed by atoms with E-state index in [1.54, 1.807) is 18.2 Å². The summed E-state index contributed by atoms with van der Waals surface area (Å²) in [6, 6.07) is 6.46. The Kier molecular flexibility index (Phi) is 5.13. The zero-order chi connectivity index (χ0) is 19.8. The molecule has 1 aromatic carbocycles. The van der Waals surface area contributed by atoms with E-state index in [-0.39, 0.29) is 12.6 Å². The Bertz CT molecular complexity index is 833. The molecule has 0 aliphatic heterocycles. The van der Waals surface area contributed by atoms with Crippen LogP contribution in [0.4, 0.5) is 13.2 Å². The molecule has 6 nitrogen and oxygen atoms in total. The lowest BCUT2D eigenvalue weighted by Crippen LogP contribution is -2.48. The maximum Gasteiger partial charge on any atom is 0.424 e. The number of halogens is 3. The lowest BCUT2D eigenvalue weighted by atomic mass is 9.99. The molecule has 0 bridgehead atoms. The van der Waals surface area contributed by atoms with E-state index in [0.29, 0.717) is 21.6 Å². The van der Waals surface area contributed by atoms with Crippen LogP contribution in [0.5, 0.6) is 0 Å². The van der Waals surface area contributed by atoms with E-state index in [1.807, 2.05) is 0 Å². The molecule has 2 N–H and O–H groups in total. The van der Waals surface area contributed by atoms with Gasteiger partial charge in [-0.15, -0.1) is 11.3 Å². The number of para-hydroxylation sites is 1. The summed E-state index contributed by atoms with van der Waals surface area (Å²) in [4.78, 5) is 28.8. The zero-order valence-electron chi connectivity index (χ0n) is 14.4. The Balaban J connectivity index is 1.79. The van der Waals surface area contributed by atoms with Gasteiger partial charge in [0.25, 0.3) is 0 Å². The minimum atomic E-state index is -5.10. The number of nitrogens with zero attached hydrogens (tertiary/aromatic N) is 2. The number of carbonyl (C=O) groups is 2. The van der Waals surface area contributed by atoms with E-state index in [1.165, 1.54) is 13.1 Å².